The molecule has 1 atom stereocenters. The van der Waals surface area contributed by atoms with Crippen LogP contribution in [0.4, 0.5) is 5.69 Å². The van der Waals surface area contributed by atoms with Crippen molar-refractivity contribution in [2.24, 2.45) is 0 Å². The van der Waals surface area contributed by atoms with Gasteiger partial charge in [0.05, 0.1) is 16.7 Å². The average molecular weight is 451 g/mol. The van der Waals surface area contributed by atoms with Crippen LogP contribution in [0.15, 0.2) is 51.8 Å². The summed E-state index contributed by atoms with van der Waals surface area (Å²) in [5, 5.41) is 2.85. The molecule has 2 rings (SSSR count). The normalized spacial score (nSPS) is 11.6. The summed E-state index contributed by atoms with van der Waals surface area (Å²) in [7, 11) is 1.59. The first kappa shape index (κ1) is 21.3. The van der Waals surface area contributed by atoms with Gasteiger partial charge >= 0.3 is 0 Å². The average Bonchev–Trinajstić information content (AvgIpc) is 2.63. The molecule has 0 heterocycles. The number of hydrogen-bond acceptors (Lipinski definition) is 4. The van der Waals surface area contributed by atoms with E-state index in [0.29, 0.717) is 5.75 Å². The maximum absolute atomic E-state index is 12.5. The van der Waals surface area contributed by atoms with Gasteiger partial charge in [-0.2, -0.15) is 0 Å². The largest absolute Gasteiger partial charge is 0.480 e. The van der Waals surface area contributed by atoms with Crippen molar-refractivity contribution in [1.29, 1.82) is 0 Å². The Balaban J connectivity index is 1.94. The van der Waals surface area contributed by atoms with Gasteiger partial charge in [0, 0.05) is 11.9 Å². The van der Waals surface area contributed by atoms with Crippen LogP contribution in [-0.4, -0.2) is 42.7 Å². The van der Waals surface area contributed by atoms with Crippen LogP contribution in [-0.2, 0) is 9.59 Å². The number of nitrogens with zero attached hydrogens (tertiary/aromatic N) is 1. The van der Waals surface area contributed by atoms with Gasteiger partial charge in [0.25, 0.3) is 5.91 Å². The number of likely N-dealkylation sites (N-methyl/N-ethyl adjacent to an activating group) is 1. The molecule has 2 amide bonds. The Bertz CT molecular complexity index is 829. The quantitative estimate of drug-likeness (QED) is 0.637. The van der Waals surface area contributed by atoms with Crippen molar-refractivity contribution in [3.63, 3.8) is 0 Å². The van der Waals surface area contributed by atoms with Gasteiger partial charge in [-0.3, -0.25) is 9.59 Å². The number of rotatable bonds is 7. The third-order valence-corrected chi connectivity index (χ3v) is 5.29. The van der Waals surface area contributed by atoms with E-state index in [-0.39, 0.29) is 18.4 Å². The zero-order chi connectivity index (χ0) is 20.0. The molecule has 1 unspecified atom stereocenters. The smallest absolute Gasteiger partial charge is 0.263 e. The van der Waals surface area contributed by atoms with Crippen molar-refractivity contribution in [1.82, 2.24) is 4.90 Å². The standard InChI is InChI=1S/C20H23BrN2O3S/c1-13-9-10-17(15(21)11-13)26-14(2)20(25)23(3)12-19(24)22-16-7-5-6-8-18(16)27-4/h5-11,14H,12H2,1-4H3,(H,22,24). The second kappa shape index (κ2) is 9.80. The molecule has 0 bridgehead atoms. The molecule has 2 aromatic carbocycles. The summed E-state index contributed by atoms with van der Waals surface area (Å²) < 4.78 is 6.53. The molecule has 0 fully saturated rings. The summed E-state index contributed by atoms with van der Waals surface area (Å²) >= 11 is 4.99. The molecule has 0 aliphatic heterocycles. The van der Waals surface area contributed by atoms with E-state index in [1.54, 1.807) is 25.7 Å². The Hall–Kier alpha value is -1.99. The molecule has 27 heavy (non-hydrogen) atoms. The van der Waals surface area contributed by atoms with Crippen molar-refractivity contribution in [3.8, 4) is 5.75 Å². The minimum absolute atomic E-state index is 0.0513. The molecule has 5 nitrogen and oxygen atoms in total. The van der Waals surface area contributed by atoms with E-state index in [9.17, 15) is 9.59 Å². The van der Waals surface area contributed by atoms with Crippen LogP contribution in [0.3, 0.4) is 0 Å². The van der Waals surface area contributed by atoms with Gasteiger partial charge in [-0.1, -0.05) is 18.2 Å². The molecule has 1 N–H and O–H groups in total. The monoisotopic (exact) mass is 450 g/mol. The van der Waals surface area contributed by atoms with Crippen molar-refractivity contribution in [2.45, 2.75) is 24.8 Å². The van der Waals surface area contributed by atoms with E-state index >= 15 is 0 Å². The van der Waals surface area contributed by atoms with E-state index in [4.69, 9.17) is 4.74 Å². The molecule has 0 radical (unpaired) electrons. The molecular formula is C20H23BrN2O3S. The minimum atomic E-state index is -0.708. The highest BCUT2D eigenvalue weighted by Gasteiger charge is 2.22. The van der Waals surface area contributed by atoms with E-state index in [1.807, 2.05) is 55.6 Å². The van der Waals surface area contributed by atoms with Gasteiger partial charge < -0.3 is 15.0 Å². The summed E-state index contributed by atoms with van der Waals surface area (Å²) in [6.45, 7) is 3.60. The second-order valence-electron chi connectivity index (χ2n) is 6.14. The third kappa shape index (κ3) is 6.01. The summed E-state index contributed by atoms with van der Waals surface area (Å²) in [6, 6.07) is 13.2. The number of nitrogens with one attached hydrogen (secondary N) is 1. The van der Waals surface area contributed by atoms with Crippen molar-refractivity contribution in [3.05, 3.63) is 52.5 Å². The molecule has 144 valence electrons. The van der Waals surface area contributed by atoms with E-state index < -0.39 is 6.10 Å². The number of aryl methyl sites for hydroxylation is 1. The molecule has 0 aliphatic rings. The summed E-state index contributed by atoms with van der Waals surface area (Å²) in [5.74, 6) is 0.0695. The number of carbonyl (C=O) groups excluding carboxylic acids is 2. The fraction of sp³-hybridized carbons (Fsp3) is 0.300. The van der Waals surface area contributed by atoms with Crippen LogP contribution in [0.25, 0.3) is 0 Å². The molecule has 0 spiro atoms. The summed E-state index contributed by atoms with van der Waals surface area (Å²) in [5.41, 5.74) is 1.83. The highest BCUT2D eigenvalue weighted by molar-refractivity contribution is 9.10. The van der Waals surface area contributed by atoms with Gasteiger partial charge in [-0.25, -0.2) is 0 Å². The molecular weight excluding hydrogens is 428 g/mol. The van der Waals surface area contributed by atoms with Crippen LogP contribution < -0.4 is 10.1 Å². The zero-order valence-electron chi connectivity index (χ0n) is 15.8. The Morgan fingerprint density at radius 3 is 2.63 bits per heavy atom. The van der Waals surface area contributed by atoms with Crippen LogP contribution >= 0.6 is 27.7 Å². The number of amides is 2. The second-order valence-corrected chi connectivity index (χ2v) is 7.84. The third-order valence-electron chi connectivity index (χ3n) is 3.88. The van der Waals surface area contributed by atoms with Gasteiger partial charge in [0.1, 0.15) is 5.75 Å². The molecule has 0 saturated carbocycles. The molecule has 0 aliphatic carbocycles. The van der Waals surface area contributed by atoms with Gasteiger partial charge in [0.2, 0.25) is 5.91 Å². The number of halogens is 1. The predicted octanol–water partition coefficient (Wildman–Crippen LogP) is 4.34. The topological polar surface area (TPSA) is 58.6 Å². The molecule has 7 heteroatoms. The summed E-state index contributed by atoms with van der Waals surface area (Å²) in [6.07, 6.45) is 1.24. The predicted molar refractivity (Wildman–Crippen MR) is 113 cm³/mol. The van der Waals surface area contributed by atoms with Crippen molar-refractivity contribution >= 4 is 45.2 Å². The first-order valence-corrected chi connectivity index (χ1v) is 10.4. The van der Waals surface area contributed by atoms with Gasteiger partial charge in [0.15, 0.2) is 6.10 Å². The van der Waals surface area contributed by atoms with E-state index in [2.05, 4.69) is 21.2 Å². The zero-order valence-corrected chi connectivity index (χ0v) is 18.2. The number of anilines is 1. The first-order chi connectivity index (χ1) is 12.8. The number of benzene rings is 2. The maximum atomic E-state index is 12.5. The molecule has 0 saturated heterocycles. The lowest BCUT2D eigenvalue weighted by Gasteiger charge is -2.22. The highest BCUT2D eigenvalue weighted by Crippen LogP contribution is 2.27. The fourth-order valence-corrected chi connectivity index (χ4v) is 3.62. The lowest BCUT2D eigenvalue weighted by molar-refractivity contribution is -0.139. The first-order valence-electron chi connectivity index (χ1n) is 8.42. The van der Waals surface area contributed by atoms with Crippen LogP contribution in [0.2, 0.25) is 0 Å². The maximum Gasteiger partial charge on any atom is 0.263 e. The number of para-hydroxylation sites is 1. The lowest BCUT2D eigenvalue weighted by Crippen LogP contribution is -2.42. The van der Waals surface area contributed by atoms with Crippen LogP contribution in [0.1, 0.15) is 12.5 Å². The number of hydrogen-bond donors (Lipinski definition) is 1. The van der Waals surface area contributed by atoms with Crippen LogP contribution in [0, 0.1) is 6.92 Å². The fourth-order valence-electron chi connectivity index (χ4n) is 2.48. The van der Waals surface area contributed by atoms with Gasteiger partial charge in [-0.05, 0) is 65.9 Å². The highest BCUT2D eigenvalue weighted by atomic mass is 79.9. The Kier molecular flexibility index (Phi) is 7.74. The number of ether oxygens (including phenoxy) is 1. The Labute approximate surface area is 172 Å². The minimum Gasteiger partial charge on any atom is -0.480 e. The lowest BCUT2D eigenvalue weighted by atomic mass is 10.2. The van der Waals surface area contributed by atoms with Crippen molar-refractivity contribution in [2.75, 3.05) is 25.2 Å². The molecule has 0 aromatic heterocycles. The Morgan fingerprint density at radius 1 is 1.26 bits per heavy atom. The van der Waals surface area contributed by atoms with Gasteiger partial charge in [-0.15, -0.1) is 11.8 Å². The van der Waals surface area contributed by atoms with Crippen molar-refractivity contribution < 1.29 is 14.3 Å². The Morgan fingerprint density at radius 2 is 1.96 bits per heavy atom. The summed E-state index contributed by atoms with van der Waals surface area (Å²) in [4.78, 5) is 27.2. The van der Waals surface area contributed by atoms with E-state index in [1.165, 1.54) is 4.90 Å². The van der Waals surface area contributed by atoms with Crippen LogP contribution in [0.5, 0.6) is 5.75 Å². The SMILES string of the molecule is CSc1ccccc1NC(=O)CN(C)C(=O)C(C)Oc1ccc(C)cc1Br. The number of thioether (sulfide) groups is 1. The van der Waals surface area contributed by atoms with E-state index in [0.717, 1.165) is 20.6 Å². The number of carbonyl (C=O) groups is 2. The molecule has 2 aromatic rings.